The van der Waals surface area contributed by atoms with Gasteiger partial charge in [0.2, 0.25) is 0 Å². The zero-order valence-electron chi connectivity index (χ0n) is 9.39. The molecule has 3 N–H and O–H groups in total. The number of aromatic hydroxyl groups is 1. The summed E-state index contributed by atoms with van der Waals surface area (Å²) in [6.45, 7) is 3.04. The molecule has 0 amide bonds. The van der Waals surface area contributed by atoms with Crippen LogP contribution in [0.1, 0.15) is 11.1 Å². The lowest BCUT2D eigenvalue weighted by molar-refractivity contribution is 0.481. The molecule has 0 spiro atoms. The molecular formula is C12H15ClN2O. The average Bonchev–Trinajstić information content (AvgIpc) is 2.88. The van der Waals surface area contributed by atoms with E-state index in [9.17, 15) is 5.11 Å². The summed E-state index contributed by atoms with van der Waals surface area (Å²) in [5.41, 5.74) is 4.48. The minimum atomic E-state index is 0.334. The smallest absolute Gasteiger partial charge is 0.141 e. The minimum absolute atomic E-state index is 0.334. The second-order valence-corrected chi connectivity index (χ2v) is 3.82. The lowest BCUT2D eigenvalue weighted by atomic mass is 10.0. The van der Waals surface area contributed by atoms with Crippen LogP contribution in [0.4, 0.5) is 5.69 Å². The van der Waals surface area contributed by atoms with Gasteiger partial charge in [-0.2, -0.15) is 0 Å². The van der Waals surface area contributed by atoms with Gasteiger partial charge in [0.05, 0.1) is 5.52 Å². The molecule has 1 aromatic carbocycles. The number of rotatable bonds is 0. The predicted molar refractivity (Wildman–Crippen MR) is 68.7 cm³/mol. The van der Waals surface area contributed by atoms with E-state index in [4.69, 9.17) is 0 Å². The SMILES string of the molecule is CCl.Cc1c[nH]c2c(O)cc3c(c12)CCN3. The van der Waals surface area contributed by atoms with Crippen molar-refractivity contribution in [3.05, 3.63) is 23.4 Å². The van der Waals surface area contributed by atoms with Crippen molar-refractivity contribution in [3.8, 4) is 5.75 Å². The first-order valence-electron chi connectivity index (χ1n) is 5.21. The number of hydrogen-bond acceptors (Lipinski definition) is 2. The van der Waals surface area contributed by atoms with Crippen LogP contribution >= 0.6 is 11.6 Å². The first-order valence-corrected chi connectivity index (χ1v) is 5.97. The molecule has 0 saturated carbocycles. The van der Waals surface area contributed by atoms with Crippen molar-refractivity contribution in [1.29, 1.82) is 0 Å². The number of fused-ring (bicyclic) bond motifs is 3. The van der Waals surface area contributed by atoms with Crippen molar-refractivity contribution in [2.75, 3.05) is 18.2 Å². The maximum absolute atomic E-state index is 9.78. The minimum Gasteiger partial charge on any atom is -0.506 e. The van der Waals surface area contributed by atoms with Crippen LogP contribution in [0.15, 0.2) is 12.3 Å². The standard InChI is InChI=1S/C11H12N2O.CH3Cl/c1-6-5-13-11-9(14)4-8-7(10(6)11)2-3-12-8;1-2/h4-5,12-14H,2-3H2,1H3;1H3. The van der Waals surface area contributed by atoms with Crippen molar-refractivity contribution in [2.45, 2.75) is 13.3 Å². The zero-order valence-corrected chi connectivity index (χ0v) is 10.2. The highest BCUT2D eigenvalue weighted by molar-refractivity contribution is 6.15. The third-order valence-corrected chi connectivity index (χ3v) is 2.93. The molecule has 0 fully saturated rings. The summed E-state index contributed by atoms with van der Waals surface area (Å²) < 4.78 is 0. The van der Waals surface area contributed by atoms with Crippen molar-refractivity contribution < 1.29 is 5.11 Å². The summed E-state index contributed by atoms with van der Waals surface area (Å²) in [7, 11) is 0. The number of aromatic amines is 1. The fourth-order valence-corrected chi connectivity index (χ4v) is 2.28. The number of phenols is 1. The molecule has 86 valence electrons. The van der Waals surface area contributed by atoms with E-state index in [-0.39, 0.29) is 0 Å². The number of phenolic OH excluding ortho intramolecular Hbond substituents is 1. The Balaban J connectivity index is 0.000000457. The fourth-order valence-electron chi connectivity index (χ4n) is 2.28. The quantitative estimate of drug-likeness (QED) is 0.618. The molecule has 0 atom stereocenters. The van der Waals surface area contributed by atoms with Crippen molar-refractivity contribution in [3.63, 3.8) is 0 Å². The van der Waals surface area contributed by atoms with Crippen LogP contribution in [0.5, 0.6) is 5.75 Å². The third kappa shape index (κ3) is 1.52. The third-order valence-electron chi connectivity index (χ3n) is 2.93. The van der Waals surface area contributed by atoms with E-state index in [1.165, 1.54) is 22.9 Å². The van der Waals surface area contributed by atoms with E-state index in [1.807, 2.05) is 6.20 Å². The van der Waals surface area contributed by atoms with E-state index in [2.05, 4.69) is 28.8 Å². The van der Waals surface area contributed by atoms with Crippen molar-refractivity contribution in [1.82, 2.24) is 4.98 Å². The molecule has 0 aliphatic carbocycles. The topological polar surface area (TPSA) is 48.0 Å². The summed E-state index contributed by atoms with van der Waals surface area (Å²) in [5, 5.41) is 14.2. The highest BCUT2D eigenvalue weighted by atomic mass is 35.5. The number of halogens is 1. The molecule has 4 heteroatoms. The molecule has 16 heavy (non-hydrogen) atoms. The Morgan fingerprint density at radius 3 is 2.88 bits per heavy atom. The largest absolute Gasteiger partial charge is 0.506 e. The van der Waals surface area contributed by atoms with Crippen molar-refractivity contribution >= 4 is 28.2 Å². The molecule has 0 bridgehead atoms. The maximum Gasteiger partial charge on any atom is 0.141 e. The van der Waals surface area contributed by atoms with Gasteiger partial charge in [-0.25, -0.2) is 0 Å². The average molecular weight is 239 g/mol. The number of anilines is 1. The highest BCUT2D eigenvalue weighted by Crippen LogP contribution is 2.37. The molecule has 1 aromatic heterocycles. The molecule has 1 aliphatic rings. The molecule has 3 rings (SSSR count). The maximum atomic E-state index is 9.78. The second kappa shape index (κ2) is 4.26. The number of aryl methyl sites for hydroxylation is 1. The van der Waals surface area contributed by atoms with E-state index in [1.54, 1.807) is 6.07 Å². The molecule has 2 aromatic rings. The van der Waals surface area contributed by atoms with Gasteiger partial charge in [0, 0.05) is 36.3 Å². The van der Waals surface area contributed by atoms with Crippen LogP contribution in [-0.2, 0) is 6.42 Å². The van der Waals surface area contributed by atoms with Crippen LogP contribution < -0.4 is 5.32 Å². The molecule has 1 aliphatic heterocycles. The van der Waals surface area contributed by atoms with E-state index < -0.39 is 0 Å². The van der Waals surface area contributed by atoms with Gasteiger partial charge < -0.3 is 15.4 Å². The Labute approximate surface area is 99.4 Å². The molecule has 0 radical (unpaired) electrons. The lowest BCUT2D eigenvalue weighted by Crippen LogP contribution is -1.90. The van der Waals surface area contributed by atoms with E-state index in [0.717, 1.165) is 24.2 Å². The first-order chi connectivity index (χ1) is 7.77. The summed E-state index contributed by atoms with van der Waals surface area (Å²) in [6.07, 6.45) is 4.47. The van der Waals surface area contributed by atoms with Gasteiger partial charge >= 0.3 is 0 Å². The van der Waals surface area contributed by atoms with Crippen LogP contribution in [0.3, 0.4) is 0 Å². The van der Waals surface area contributed by atoms with Crippen LogP contribution in [-0.4, -0.2) is 23.0 Å². The van der Waals surface area contributed by atoms with Gasteiger partial charge in [0.15, 0.2) is 0 Å². The van der Waals surface area contributed by atoms with Crippen LogP contribution in [0.2, 0.25) is 0 Å². The molecule has 0 saturated heterocycles. The van der Waals surface area contributed by atoms with Gasteiger partial charge in [-0.1, -0.05) is 0 Å². The van der Waals surface area contributed by atoms with Gasteiger partial charge in [-0.05, 0) is 24.5 Å². The summed E-state index contributed by atoms with van der Waals surface area (Å²) >= 11 is 4.64. The molecule has 2 heterocycles. The Hall–Kier alpha value is -1.35. The molecule has 0 unspecified atom stereocenters. The Kier molecular flexibility index (Phi) is 2.97. The first kappa shape index (κ1) is 11.1. The van der Waals surface area contributed by atoms with Crippen LogP contribution in [0.25, 0.3) is 10.9 Å². The number of benzene rings is 1. The van der Waals surface area contributed by atoms with Crippen molar-refractivity contribution in [2.24, 2.45) is 0 Å². The Morgan fingerprint density at radius 2 is 2.12 bits per heavy atom. The number of H-pyrrole nitrogens is 1. The van der Waals surface area contributed by atoms with Gasteiger partial charge in [0.1, 0.15) is 5.75 Å². The second-order valence-electron chi connectivity index (χ2n) is 3.82. The summed E-state index contributed by atoms with van der Waals surface area (Å²) in [4.78, 5) is 3.11. The number of aromatic nitrogens is 1. The summed E-state index contributed by atoms with van der Waals surface area (Å²) in [5.74, 6) is 0.334. The van der Waals surface area contributed by atoms with Gasteiger partial charge in [-0.3, -0.25) is 0 Å². The lowest BCUT2D eigenvalue weighted by Gasteiger charge is -2.04. The Morgan fingerprint density at radius 1 is 1.38 bits per heavy atom. The van der Waals surface area contributed by atoms with Gasteiger partial charge in [-0.15, -0.1) is 11.6 Å². The monoisotopic (exact) mass is 238 g/mol. The normalized spacial score (nSPS) is 12.9. The predicted octanol–water partition coefficient (Wildman–Crippen LogP) is 3.00. The van der Waals surface area contributed by atoms with Gasteiger partial charge in [0.25, 0.3) is 0 Å². The zero-order chi connectivity index (χ0) is 11.7. The fraction of sp³-hybridized carbons (Fsp3) is 0.333. The molecular weight excluding hydrogens is 224 g/mol. The highest BCUT2D eigenvalue weighted by Gasteiger charge is 2.18. The number of hydrogen-bond donors (Lipinski definition) is 3. The summed E-state index contributed by atoms with van der Waals surface area (Å²) in [6, 6.07) is 1.81. The molecule has 3 nitrogen and oxygen atoms in total. The Bertz CT molecular complexity index is 519. The van der Waals surface area contributed by atoms with E-state index >= 15 is 0 Å². The number of alkyl halides is 1. The van der Waals surface area contributed by atoms with E-state index in [0.29, 0.717) is 5.75 Å². The number of nitrogens with one attached hydrogen (secondary N) is 2. The van der Waals surface area contributed by atoms with Crippen LogP contribution in [0, 0.1) is 6.92 Å².